The van der Waals surface area contributed by atoms with Crippen LogP contribution < -0.4 is 0 Å². The van der Waals surface area contributed by atoms with Gasteiger partial charge in [0.25, 0.3) is 0 Å². The third-order valence-corrected chi connectivity index (χ3v) is 2.20. The zero-order valence-corrected chi connectivity index (χ0v) is 9.38. The fraction of sp³-hybridized carbons (Fsp3) is 0.417. The number of hydrogen-bond donors (Lipinski definition) is 0. The first-order valence-electron chi connectivity index (χ1n) is 5.25. The molecule has 0 aliphatic carbocycles. The van der Waals surface area contributed by atoms with Crippen LogP contribution in [0.4, 0.5) is 13.2 Å². The van der Waals surface area contributed by atoms with E-state index in [0.29, 0.717) is 18.6 Å². The minimum absolute atomic E-state index is 0.180. The Hall–Kier alpha value is -1.52. The lowest BCUT2D eigenvalue weighted by atomic mass is 10.1. The van der Waals surface area contributed by atoms with Crippen LogP contribution in [0.1, 0.15) is 24.5 Å². The molecule has 0 N–H and O–H groups in total. The molecule has 0 aliphatic heterocycles. The van der Waals surface area contributed by atoms with Crippen molar-refractivity contribution in [2.24, 2.45) is 0 Å². The number of aryl methyl sites for hydroxylation is 1. The SMILES string of the molecule is CCOC(=O)CCc1ccc(C(F)(F)F)cc1. The van der Waals surface area contributed by atoms with E-state index < -0.39 is 11.7 Å². The lowest BCUT2D eigenvalue weighted by Crippen LogP contribution is -2.06. The Labute approximate surface area is 97.4 Å². The van der Waals surface area contributed by atoms with Crippen molar-refractivity contribution in [2.75, 3.05) is 6.61 Å². The number of alkyl halides is 3. The lowest BCUT2D eigenvalue weighted by Gasteiger charge is -2.07. The first-order chi connectivity index (χ1) is 7.93. The van der Waals surface area contributed by atoms with Crippen molar-refractivity contribution in [3.8, 4) is 0 Å². The van der Waals surface area contributed by atoms with Gasteiger partial charge in [0.2, 0.25) is 0 Å². The van der Waals surface area contributed by atoms with Gasteiger partial charge in [-0.15, -0.1) is 0 Å². The number of ether oxygens (including phenoxy) is 1. The van der Waals surface area contributed by atoms with Gasteiger partial charge in [-0.25, -0.2) is 0 Å². The normalized spacial score (nSPS) is 11.3. The van der Waals surface area contributed by atoms with E-state index in [0.717, 1.165) is 12.1 Å². The fourth-order valence-corrected chi connectivity index (χ4v) is 1.34. The second-order valence-corrected chi connectivity index (χ2v) is 3.50. The van der Waals surface area contributed by atoms with E-state index in [4.69, 9.17) is 4.74 Å². The van der Waals surface area contributed by atoms with Gasteiger partial charge >= 0.3 is 12.1 Å². The van der Waals surface area contributed by atoms with Crippen molar-refractivity contribution in [2.45, 2.75) is 25.9 Å². The summed E-state index contributed by atoms with van der Waals surface area (Å²) in [5.41, 5.74) is 0.00318. The highest BCUT2D eigenvalue weighted by Crippen LogP contribution is 2.29. The van der Waals surface area contributed by atoms with E-state index in [9.17, 15) is 18.0 Å². The van der Waals surface area contributed by atoms with Crippen molar-refractivity contribution in [1.29, 1.82) is 0 Å². The zero-order valence-electron chi connectivity index (χ0n) is 9.38. The van der Waals surface area contributed by atoms with Gasteiger partial charge in [-0.05, 0) is 31.0 Å². The molecule has 1 aromatic rings. The Morgan fingerprint density at radius 3 is 2.29 bits per heavy atom. The fourth-order valence-electron chi connectivity index (χ4n) is 1.34. The molecule has 17 heavy (non-hydrogen) atoms. The van der Waals surface area contributed by atoms with Gasteiger partial charge in [0.1, 0.15) is 0 Å². The van der Waals surface area contributed by atoms with Gasteiger partial charge < -0.3 is 4.74 Å². The predicted molar refractivity (Wildman–Crippen MR) is 56.4 cm³/mol. The van der Waals surface area contributed by atoms with Crippen molar-refractivity contribution >= 4 is 5.97 Å². The van der Waals surface area contributed by atoms with Crippen LogP contribution in [0.15, 0.2) is 24.3 Å². The second kappa shape index (κ2) is 5.70. The van der Waals surface area contributed by atoms with E-state index >= 15 is 0 Å². The molecule has 0 aliphatic rings. The van der Waals surface area contributed by atoms with Crippen LogP contribution in [0, 0.1) is 0 Å². The largest absolute Gasteiger partial charge is 0.466 e. The van der Waals surface area contributed by atoms with Crippen LogP contribution in [-0.2, 0) is 22.1 Å². The highest BCUT2D eigenvalue weighted by molar-refractivity contribution is 5.69. The maximum Gasteiger partial charge on any atom is 0.416 e. The molecular weight excluding hydrogens is 233 g/mol. The van der Waals surface area contributed by atoms with Crippen molar-refractivity contribution in [3.05, 3.63) is 35.4 Å². The van der Waals surface area contributed by atoms with Crippen molar-refractivity contribution in [1.82, 2.24) is 0 Å². The quantitative estimate of drug-likeness (QED) is 0.762. The summed E-state index contributed by atoms with van der Waals surface area (Å²) < 4.78 is 41.5. The van der Waals surface area contributed by atoms with Crippen LogP contribution in [0.25, 0.3) is 0 Å². The molecule has 0 atom stereocenters. The van der Waals surface area contributed by atoms with Gasteiger partial charge in [-0.1, -0.05) is 12.1 Å². The number of halogens is 3. The molecule has 0 heterocycles. The molecule has 94 valence electrons. The molecule has 1 rings (SSSR count). The number of rotatable bonds is 4. The number of hydrogen-bond acceptors (Lipinski definition) is 2. The molecule has 0 saturated carbocycles. The minimum Gasteiger partial charge on any atom is -0.466 e. The van der Waals surface area contributed by atoms with Gasteiger partial charge in [0.05, 0.1) is 12.2 Å². The predicted octanol–water partition coefficient (Wildman–Crippen LogP) is 3.20. The molecule has 0 radical (unpaired) electrons. The maximum atomic E-state index is 12.3. The lowest BCUT2D eigenvalue weighted by molar-refractivity contribution is -0.143. The van der Waals surface area contributed by atoms with Crippen LogP contribution >= 0.6 is 0 Å². The van der Waals surface area contributed by atoms with E-state index in [2.05, 4.69) is 0 Å². The Balaban J connectivity index is 2.54. The van der Waals surface area contributed by atoms with Gasteiger partial charge in [0, 0.05) is 6.42 Å². The molecule has 1 aromatic carbocycles. The summed E-state index contributed by atoms with van der Waals surface area (Å²) in [5.74, 6) is -0.340. The first-order valence-corrected chi connectivity index (χ1v) is 5.25. The summed E-state index contributed by atoms with van der Waals surface area (Å²) in [6.07, 6.45) is -3.75. The second-order valence-electron chi connectivity index (χ2n) is 3.50. The molecule has 0 unspecified atom stereocenters. The average Bonchev–Trinajstić information content (AvgIpc) is 2.26. The van der Waals surface area contributed by atoms with E-state index in [1.807, 2.05) is 0 Å². The average molecular weight is 246 g/mol. The van der Waals surface area contributed by atoms with Crippen molar-refractivity contribution in [3.63, 3.8) is 0 Å². The highest BCUT2D eigenvalue weighted by Gasteiger charge is 2.29. The van der Waals surface area contributed by atoms with Crippen LogP contribution in [-0.4, -0.2) is 12.6 Å². The molecular formula is C12H13F3O2. The summed E-state index contributed by atoms with van der Waals surface area (Å²) in [4.78, 5) is 11.0. The molecule has 5 heteroatoms. The third-order valence-electron chi connectivity index (χ3n) is 2.20. The molecule has 0 amide bonds. The molecule has 2 nitrogen and oxygen atoms in total. The summed E-state index contributed by atoms with van der Waals surface area (Å²) in [7, 11) is 0. The van der Waals surface area contributed by atoms with Crippen LogP contribution in [0.3, 0.4) is 0 Å². The zero-order chi connectivity index (χ0) is 12.9. The molecule has 0 saturated heterocycles. The van der Waals surface area contributed by atoms with E-state index in [1.165, 1.54) is 12.1 Å². The Morgan fingerprint density at radius 1 is 1.24 bits per heavy atom. The number of benzene rings is 1. The Bertz CT molecular complexity index is 368. The van der Waals surface area contributed by atoms with Crippen molar-refractivity contribution < 1.29 is 22.7 Å². The maximum absolute atomic E-state index is 12.3. The summed E-state index contributed by atoms with van der Waals surface area (Å²) in [5, 5.41) is 0. The Kier molecular flexibility index (Phi) is 4.54. The summed E-state index contributed by atoms with van der Waals surface area (Å²) in [6, 6.07) is 4.78. The minimum atomic E-state index is -4.32. The number of esters is 1. The number of carbonyl (C=O) groups excluding carboxylic acids is 1. The highest BCUT2D eigenvalue weighted by atomic mass is 19.4. The van der Waals surface area contributed by atoms with Gasteiger partial charge in [-0.2, -0.15) is 13.2 Å². The monoisotopic (exact) mass is 246 g/mol. The summed E-state index contributed by atoms with van der Waals surface area (Å²) >= 11 is 0. The first kappa shape index (κ1) is 13.5. The standard InChI is InChI=1S/C12H13F3O2/c1-2-17-11(16)8-5-9-3-6-10(7-4-9)12(13,14)15/h3-4,6-7H,2,5,8H2,1H3. The van der Waals surface area contributed by atoms with Gasteiger partial charge in [0.15, 0.2) is 0 Å². The smallest absolute Gasteiger partial charge is 0.416 e. The van der Waals surface area contributed by atoms with Gasteiger partial charge in [-0.3, -0.25) is 4.79 Å². The number of carbonyl (C=O) groups is 1. The van der Waals surface area contributed by atoms with Crippen LogP contribution in [0.2, 0.25) is 0 Å². The van der Waals surface area contributed by atoms with E-state index in [-0.39, 0.29) is 12.4 Å². The summed E-state index contributed by atoms with van der Waals surface area (Å²) in [6.45, 7) is 2.02. The van der Waals surface area contributed by atoms with Crippen LogP contribution in [0.5, 0.6) is 0 Å². The molecule has 0 fully saturated rings. The Morgan fingerprint density at radius 2 is 1.82 bits per heavy atom. The third kappa shape index (κ3) is 4.46. The topological polar surface area (TPSA) is 26.3 Å². The van der Waals surface area contributed by atoms with E-state index in [1.54, 1.807) is 6.92 Å². The molecule has 0 aromatic heterocycles. The molecule has 0 spiro atoms. The molecule has 0 bridgehead atoms.